The molecule has 0 heterocycles. The highest BCUT2D eigenvalue weighted by molar-refractivity contribution is 7.53. The highest BCUT2D eigenvalue weighted by atomic mass is 31.2. The number of rotatable bonds is 20. The molecule has 0 aliphatic heterocycles. The molecule has 0 aliphatic rings. The molecule has 2 aromatic carbocycles. The van der Waals surface area contributed by atoms with Gasteiger partial charge < -0.3 is 38.2 Å². The van der Waals surface area contributed by atoms with Gasteiger partial charge in [-0.3, -0.25) is 4.57 Å². The number of benzene rings is 2. The zero-order valence-corrected chi connectivity index (χ0v) is 26.7. The van der Waals surface area contributed by atoms with Crippen molar-refractivity contribution in [3.05, 3.63) is 71.8 Å². The van der Waals surface area contributed by atoms with Crippen molar-refractivity contribution in [3.63, 3.8) is 0 Å². The minimum Gasteiger partial charge on any atom is -0.445 e. The van der Waals surface area contributed by atoms with Crippen LogP contribution in [0.2, 0.25) is 0 Å². The van der Waals surface area contributed by atoms with Crippen molar-refractivity contribution in [2.45, 2.75) is 65.8 Å². The Labute approximate surface area is 255 Å². The second-order valence-corrected chi connectivity index (χ2v) is 11.7. The molecule has 0 radical (unpaired) electrons. The summed E-state index contributed by atoms with van der Waals surface area (Å²) in [7, 11) is -3.45. The number of carbonyl (C=O) groups excluding carboxylic acids is 2. The van der Waals surface area contributed by atoms with Gasteiger partial charge >= 0.3 is 19.8 Å². The third-order valence-electron chi connectivity index (χ3n) is 6.71. The molecule has 2 atom stereocenters. The maximum atomic E-state index is 13.4. The summed E-state index contributed by atoms with van der Waals surface area (Å²) in [6.45, 7) is 7.69. The summed E-state index contributed by atoms with van der Waals surface area (Å²) in [4.78, 5) is 29.6. The van der Waals surface area contributed by atoms with E-state index < -0.39 is 31.9 Å². The van der Waals surface area contributed by atoms with Crippen LogP contribution in [0.4, 0.5) is 9.59 Å². The van der Waals surface area contributed by atoms with Crippen LogP contribution in [0.3, 0.4) is 0 Å². The number of hydrogen-bond acceptors (Lipinski definition) is 9. The molecule has 0 spiro atoms. The van der Waals surface area contributed by atoms with Crippen LogP contribution in [-0.2, 0) is 41.0 Å². The Kier molecular flexibility index (Phi) is 16.9. The van der Waals surface area contributed by atoms with Gasteiger partial charge in [0.05, 0.1) is 38.5 Å². The zero-order chi connectivity index (χ0) is 31.5. The quantitative estimate of drug-likeness (QED) is 0.176. The Morgan fingerprint density at radius 2 is 1.19 bits per heavy atom. The second kappa shape index (κ2) is 20.1. The Morgan fingerprint density at radius 3 is 1.58 bits per heavy atom. The molecule has 2 amide bonds. The lowest BCUT2D eigenvalue weighted by Gasteiger charge is -2.34. The van der Waals surface area contributed by atoms with Crippen molar-refractivity contribution < 1.29 is 42.5 Å². The van der Waals surface area contributed by atoms with E-state index >= 15 is 0 Å². The molecule has 0 bridgehead atoms. The van der Waals surface area contributed by atoms with E-state index in [0.29, 0.717) is 12.8 Å². The Morgan fingerprint density at radius 1 is 0.744 bits per heavy atom. The minimum absolute atomic E-state index is 0.0384. The van der Waals surface area contributed by atoms with Crippen molar-refractivity contribution >= 4 is 19.8 Å². The summed E-state index contributed by atoms with van der Waals surface area (Å²) < 4.78 is 40.5. The van der Waals surface area contributed by atoms with Crippen molar-refractivity contribution in [3.8, 4) is 0 Å². The first kappa shape index (κ1) is 36.2. The first-order valence-electron chi connectivity index (χ1n) is 14.8. The van der Waals surface area contributed by atoms with Crippen LogP contribution in [0, 0.1) is 0 Å². The molecule has 12 heteroatoms. The highest BCUT2D eigenvalue weighted by Crippen LogP contribution is 2.47. The molecule has 0 aliphatic carbocycles. The summed E-state index contributed by atoms with van der Waals surface area (Å²) in [5.74, 6) is 0. The molecule has 0 aromatic heterocycles. The fourth-order valence-electron chi connectivity index (χ4n) is 4.35. The molecule has 43 heavy (non-hydrogen) atoms. The van der Waals surface area contributed by atoms with Crippen LogP contribution in [0.5, 0.6) is 0 Å². The highest BCUT2D eigenvalue weighted by Gasteiger charge is 2.30. The van der Waals surface area contributed by atoms with E-state index in [1.165, 1.54) is 9.80 Å². The largest absolute Gasteiger partial charge is 0.445 e. The first-order valence-corrected chi connectivity index (χ1v) is 16.5. The Balaban J connectivity index is 2.19. The van der Waals surface area contributed by atoms with Crippen molar-refractivity contribution in [1.29, 1.82) is 0 Å². The van der Waals surface area contributed by atoms with Gasteiger partial charge in [0.15, 0.2) is 0 Å². The summed E-state index contributed by atoms with van der Waals surface area (Å²) >= 11 is 0. The van der Waals surface area contributed by atoms with E-state index in [1.54, 1.807) is 13.8 Å². The number of aliphatic hydroxyl groups is 1. The van der Waals surface area contributed by atoms with Crippen LogP contribution in [0.15, 0.2) is 60.7 Å². The molecular weight excluding hydrogens is 575 g/mol. The van der Waals surface area contributed by atoms with E-state index in [4.69, 9.17) is 23.3 Å². The average Bonchev–Trinajstić information content (AvgIpc) is 3.02. The number of hydrogen-bond donors (Lipinski definition) is 1. The predicted molar refractivity (Wildman–Crippen MR) is 164 cm³/mol. The zero-order valence-electron chi connectivity index (χ0n) is 25.8. The van der Waals surface area contributed by atoms with Gasteiger partial charge in [0, 0.05) is 13.1 Å². The number of ether oxygens (including phenoxy) is 3. The lowest BCUT2D eigenvalue weighted by molar-refractivity contribution is 0.0294. The molecule has 2 aromatic rings. The van der Waals surface area contributed by atoms with Crippen LogP contribution in [-0.4, -0.2) is 85.0 Å². The second-order valence-electron chi connectivity index (χ2n) is 9.72. The maximum Gasteiger partial charge on any atom is 0.410 e. The van der Waals surface area contributed by atoms with Gasteiger partial charge in [0.25, 0.3) is 0 Å². The third-order valence-corrected chi connectivity index (χ3v) is 8.51. The molecule has 0 fully saturated rings. The van der Waals surface area contributed by atoms with Crippen LogP contribution < -0.4 is 0 Å². The van der Waals surface area contributed by atoms with E-state index in [0.717, 1.165) is 11.1 Å². The van der Waals surface area contributed by atoms with Crippen molar-refractivity contribution in [2.24, 2.45) is 0 Å². The molecule has 2 rings (SSSR count). The van der Waals surface area contributed by atoms with E-state index in [2.05, 4.69) is 0 Å². The van der Waals surface area contributed by atoms with Crippen LogP contribution in [0.25, 0.3) is 0 Å². The topological polar surface area (TPSA) is 124 Å². The van der Waals surface area contributed by atoms with Gasteiger partial charge in [-0.25, -0.2) is 9.59 Å². The minimum atomic E-state index is -3.45. The molecule has 11 nitrogen and oxygen atoms in total. The fraction of sp³-hybridized carbons (Fsp3) is 0.548. The van der Waals surface area contributed by atoms with Crippen LogP contribution in [0.1, 0.15) is 51.7 Å². The van der Waals surface area contributed by atoms with Gasteiger partial charge in [0.2, 0.25) is 0 Å². The molecule has 0 saturated heterocycles. The maximum absolute atomic E-state index is 13.4. The lowest BCUT2D eigenvalue weighted by atomic mass is 10.2. The Bertz CT molecular complexity index is 1090. The fourth-order valence-corrected chi connectivity index (χ4v) is 5.69. The van der Waals surface area contributed by atoms with Gasteiger partial charge in [-0.05, 0) is 37.8 Å². The first-order chi connectivity index (χ1) is 20.8. The standard InChI is InChI=1S/C31H47N2O9P/c1-5-28(21-34)32(30(35)39-22-26-15-11-9-12-16-26)19-20-33(31(36)40-23-27-17-13-10-14-18-27)29(6-2)24-38-25-43(37,41-7-3)42-8-4/h9-18,28-29,34H,5-8,19-25H2,1-4H3/t28-,29-/m0/s1. The number of amides is 2. The SMILES string of the molecule is CCOP(=O)(COC[C@H](CC)N(CCN(C(=O)OCc1ccccc1)[C@@H](CC)CO)C(=O)OCc1ccccc1)OCC. The summed E-state index contributed by atoms with van der Waals surface area (Å²) in [6, 6.07) is 17.6. The van der Waals surface area contributed by atoms with E-state index in [9.17, 15) is 19.3 Å². The third kappa shape index (κ3) is 12.7. The monoisotopic (exact) mass is 622 g/mol. The molecular formula is C31H47N2O9P. The van der Waals surface area contributed by atoms with Crippen molar-refractivity contribution in [2.75, 3.05) is 45.9 Å². The number of aliphatic hydroxyl groups excluding tert-OH is 1. The number of carbonyl (C=O) groups is 2. The van der Waals surface area contributed by atoms with E-state index in [-0.39, 0.29) is 59.1 Å². The summed E-state index contributed by atoms with van der Waals surface area (Å²) in [5.41, 5.74) is 1.66. The Hall–Kier alpha value is -2.95. The molecule has 240 valence electrons. The smallest absolute Gasteiger partial charge is 0.410 e. The summed E-state index contributed by atoms with van der Waals surface area (Å²) in [5, 5.41) is 10.0. The lowest BCUT2D eigenvalue weighted by Crippen LogP contribution is -2.50. The molecule has 1 N–H and O–H groups in total. The van der Waals surface area contributed by atoms with Gasteiger partial charge in [-0.15, -0.1) is 0 Å². The normalized spacial score (nSPS) is 12.8. The molecule has 0 unspecified atom stereocenters. The summed E-state index contributed by atoms with van der Waals surface area (Å²) in [6.07, 6.45) is -0.477. The number of nitrogens with zero attached hydrogens (tertiary/aromatic N) is 2. The molecule has 0 saturated carbocycles. The predicted octanol–water partition coefficient (Wildman–Crippen LogP) is 6.05. The average molecular weight is 623 g/mol. The van der Waals surface area contributed by atoms with Gasteiger partial charge in [-0.2, -0.15) is 0 Å². The van der Waals surface area contributed by atoms with Gasteiger partial charge in [-0.1, -0.05) is 74.5 Å². The van der Waals surface area contributed by atoms with E-state index in [1.807, 2.05) is 74.5 Å². The van der Waals surface area contributed by atoms with Gasteiger partial charge in [0.1, 0.15) is 19.6 Å². The van der Waals surface area contributed by atoms with Crippen LogP contribution >= 0.6 is 7.60 Å². The van der Waals surface area contributed by atoms with Crippen molar-refractivity contribution in [1.82, 2.24) is 9.80 Å².